The second-order valence-electron chi connectivity index (χ2n) is 4.13. The summed E-state index contributed by atoms with van der Waals surface area (Å²) < 4.78 is 1.44. The van der Waals surface area contributed by atoms with Crippen molar-refractivity contribution < 1.29 is 15.0 Å². The second-order valence-corrected chi connectivity index (χ2v) is 4.13. The Morgan fingerprint density at radius 3 is 2.63 bits per heavy atom. The molecule has 2 rings (SSSR count). The lowest BCUT2D eigenvalue weighted by Crippen LogP contribution is -2.15. The number of benzene rings is 1. The largest absolute Gasteiger partial charge is 0.508 e. The molecule has 19 heavy (non-hydrogen) atoms. The van der Waals surface area contributed by atoms with Crippen molar-refractivity contribution in [1.82, 2.24) is 9.78 Å². The van der Waals surface area contributed by atoms with Gasteiger partial charge in [-0.3, -0.25) is 9.48 Å². The van der Waals surface area contributed by atoms with E-state index in [4.69, 9.17) is 5.73 Å². The van der Waals surface area contributed by atoms with Gasteiger partial charge in [-0.1, -0.05) is 0 Å². The van der Waals surface area contributed by atoms with Crippen molar-refractivity contribution in [3.05, 3.63) is 29.5 Å². The number of nitrogens with two attached hydrogens (primary N) is 1. The van der Waals surface area contributed by atoms with E-state index in [0.29, 0.717) is 17.2 Å². The van der Waals surface area contributed by atoms with Crippen molar-refractivity contribution in [1.29, 1.82) is 0 Å². The molecule has 1 heterocycles. The minimum Gasteiger partial charge on any atom is -0.508 e. The summed E-state index contributed by atoms with van der Waals surface area (Å²) in [7, 11) is 1.65. The number of aromatic hydroxyl groups is 2. The number of phenolic OH excluding ortho intramolecular Hbond substituents is 2. The quantitative estimate of drug-likeness (QED) is 0.644. The first-order valence-corrected chi connectivity index (χ1v) is 5.52. The first-order valence-electron chi connectivity index (χ1n) is 5.52. The molecule has 0 unspecified atom stereocenters. The van der Waals surface area contributed by atoms with Crippen molar-refractivity contribution >= 4 is 17.4 Å². The monoisotopic (exact) mass is 262 g/mol. The van der Waals surface area contributed by atoms with Gasteiger partial charge in [0.2, 0.25) is 0 Å². The van der Waals surface area contributed by atoms with Crippen LogP contribution < -0.4 is 11.1 Å². The van der Waals surface area contributed by atoms with Gasteiger partial charge in [0.1, 0.15) is 11.5 Å². The number of amides is 1. The van der Waals surface area contributed by atoms with Crippen LogP contribution in [0.3, 0.4) is 0 Å². The predicted octanol–water partition coefficient (Wildman–Crippen LogP) is 0.974. The van der Waals surface area contributed by atoms with Gasteiger partial charge in [0.15, 0.2) is 5.82 Å². The molecular formula is C12H14N4O3. The molecule has 0 bridgehead atoms. The molecule has 100 valence electrons. The van der Waals surface area contributed by atoms with Crippen molar-refractivity contribution in [3.8, 4) is 11.5 Å². The number of rotatable bonds is 2. The first kappa shape index (κ1) is 12.7. The number of nitrogens with one attached hydrogen (secondary N) is 1. The third-order valence-corrected chi connectivity index (χ3v) is 2.73. The summed E-state index contributed by atoms with van der Waals surface area (Å²) in [5.74, 6) is -0.609. The molecule has 1 aromatic carbocycles. The number of carbonyl (C=O) groups is 1. The topological polar surface area (TPSA) is 113 Å². The van der Waals surface area contributed by atoms with Gasteiger partial charge in [0.25, 0.3) is 5.91 Å². The smallest absolute Gasteiger partial charge is 0.260 e. The number of aromatic nitrogens is 2. The minimum atomic E-state index is -0.535. The van der Waals surface area contributed by atoms with Gasteiger partial charge in [0.05, 0.1) is 16.9 Å². The lowest BCUT2D eigenvalue weighted by atomic mass is 10.2. The lowest BCUT2D eigenvalue weighted by Gasteiger charge is -2.08. The van der Waals surface area contributed by atoms with E-state index in [9.17, 15) is 15.0 Å². The lowest BCUT2D eigenvalue weighted by molar-refractivity contribution is 0.102. The maximum absolute atomic E-state index is 12.0. The van der Waals surface area contributed by atoms with Crippen LogP contribution >= 0.6 is 0 Å². The molecule has 7 heteroatoms. The average molecular weight is 262 g/mol. The molecule has 0 aliphatic carbocycles. The first-order chi connectivity index (χ1) is 8.90. The van der Waals surface area contributed by atoms with Crippen LogP contribution in [0.2, 0.25) is 0 Å². The van der Waals surface area contributed by atoms with E-state index in [1.54, 1.807) is 14.0 Å². The summed E-state index contributed by atoms with van der Waals surface area (Å²) >= 11 is 0. The van der Waals surface area contributed by atoms with Crippen LogP contribution in [0.4, 0.5) is 11.5 Å². The summed E-state index contributed by atoms with van der Waals surface area (Å²) in [6, 6.07) is 3.72. The van der Waals surface area contributed by atoms with Crippen LogP contribution in [0.15, 0.2) is 18.2 Å². The Morgan fingerprint density at radius 1 is 1.42 bits per heavy atom. The fourth-order valence-electron chi connectivity index (χ4n) is 1.71. The van der Waals surface area contributed by atoms with Gasteiger partial charge < -0.3 is 21.3 Å². The van der Waals surface area contributed by atoms with Gasteiger partial charge in [-0.15, -0.1) is 0 Å². The van der Waals surface area contributed by atoms with Crippen LogP contribution in [-0.4, -0.2) is 25.9 Å². The number of nitrogen functional groups attached to an aromatic ring is 1. The number of aryl methyl sites for hydroxylation is 2. The summed E-state index contributed by atoms with van der Waals surface area (Å²) in [4.78, 5) is 12.0. The molecule has 1 amide bonds. The molecule has 0 aliphatic heterocycles. The fraction of sp³-hybridized carbons (Fsp3) is 0.167. The molecule has 7 nitrogen and oxygen atoms in total. The molecule has 1 aromatic heterocycles. The molecule has 0 saturated carbocycles. The number of nitrogens with zero attached hydrogens (tertiary/aromatic N) is 2. The zero-order valence-corrected chi connectivity index (χ0v) is 10.5. The average Bonchev–Trinajstić information content (AvgIpc) is 2.56. The Balaban J connectivity index is 2.31. The highest BCUT2D eigenvalue weighted by atomic mass is 16.3. The van der Waals surface area contributed by atoms with Crippen LogP contribution in [0.1, 0.15) is 16.1 Å². The predicted molar refractivity (Wildman–Crippen MR) is 70.1 cm³/mol. The highest BCUT2D eigenvalue weighted by Gasteiger charge is 2.16. The van der Waals surface area contributed by atoms with E-state index in [1.807, 2.05) is 0 Å². The van der Waals surface area contributed by atoms with E-state index in [-0.39, 0.29) is 17.1 Å². The molecule has 2 aromatic rings. The molecule has 0 spiro atoms. The zero-order valence-electron chi connectivity index (χ0n) is 10.5. The number of anilines is 2. The number of phenols is 2. The van der Waals surface area contributed by atoms with Crippen LogP contribution in [0, 0.1) is 6.92 Å². The standard InChI is InChI=1S/C12H14N4O3/c1-6-10(13)11(16(2)15-6)14-12(19)8-4-3-7(17)5-9(8)18/h3-5,17-18H,13H2,1-2H3,(H,14,19). The highest BCUT2D eigenvalue weighted by molar-refractivity contribution is 6.07. The Labute approximate surface area is 109 Å². The van der Waals surface area contributed by atoms with Crippen LogP contribution in [0.5, 0.6) is 11.5 Å². The van der Waals surface area contributed by atoms with Crippen LogP contribution in [-0.2, 0) is 7.05 Å². The Kier molecular flexibility index (Phi) is 3.04. The maximum Gasteiger partial charge on any atom is 0.260 e. The van der Waals surface area contributed by atoms with Gasteiger partial charge in [0, 0.05) is 13.1 Å². The Bertz CT molecular complexity index is 649. The number of carbonyl (C=O) groups excluding carboxylic acids is 1. The summed E-state index contributed by atoms with van der Waals surface area (Å²) in [6.45, 7) is 1.73. The number of hydrogen-bond donors (Lipinski definition) is 4. The van der Waals surface area contributed by atoms with Gasteiger partial charge in [-0.2, -0.15) is 5.10 Å². The Morgan fingerprint density at radius 2 is 2.11 bits per heavy atom. The summed E-state index contributed by atoms with van der Waals surface area (Å²) in [6.07, 6.45) is 0. The fourth-order valence-corrected chi connectivity index (χ4v) is 1.71. The molecule has 0 fully saturated rings. The van der Waals surface area contributed by atoms with E-state index < -0.39 is 5.91 Å². The number of hydrogen-bond acceptors (Lipinski definition) is 5. The normalized spacial score (nSPS) is 10.4. The molecule has 5 N–H and O–H groups in total. The van der Waals surface area contributed by atoms with E-state index >= 15 is 0 Å². The third-order valence-electron chi connectivity index (χ3n) is 2.73. The van der Waals surface area contributed by atoms with Crippen molar-refractivity contribution in [3.63, 3.8) is 0 Å². The second kappa shape index (κ2) is 4.52. The molecule has 0 aliphatic rings. The Hall–Kier alpha value is -2.70. The molecular weight excluding hydrogens is 248 g/mol. The molecule has 0 saturated heterocycles. The summed E-state index contributed by atoms with van der Waals surface area (Å²) in [5, 5.41) is 25.4. The minimum absolute atomic E-state index is 0.0380. The SMILES string of the molecule is Cc1nn(C)c(NC(=O)c2ccc(O)cc2O)c1N. The zero-order chi connectivity index (χ0) is 14.2. The van der Waals surface area contributed by atoms with Crippen molar-refractivity contribution in [2.75, 3.05) is 11.1 Å². The maximum atomic E-state index is 12.0. The van der Waals surface area contributed by atoms with E-state index in [0.717, 1.165) is 6.07 Å². The van der Waals surface area contributed by atoms with Gasteiger partial charge in [-0.25, -0.2) is 0 Å². The van der Waals surface area contributed by atoms with Crippen molar-refractivity contribution in [2.24, 2.45) is 7.05 Å². The third kappa shape index (κ3) is 2.30. The van der Waals surface area contributed by atoms with Crippen molar-refractivity contribution in [2.45, 2.75) is 6.92 Å². The van der Waals surface area contributed by atoms with Crippen LogP contribution in [0.25, 0.3) is 0 Å². The highest BCUT2D eigenvalue weighted by Crippen LogP contribution is 2.25. The van der Waals surface area contributed by atoms with Gasteiger partial charge >= 0.3 is 0 Å². The molecule has 0 radical (unpaired) electrons. The van der Waals surface area contributed by atoms with E-state index in [2.05, 4.69) is 10.4 Å². The van der Waals surface area contributed by atoms with E-state index in [1.165, 1.54) is 16.8 Å². The van der Waals surface area contributed by atoms with Gasteiger partial charge in [-0.05, 0) is 19.1 Å². The molecule has 0 atom stereocenters. The summed E-state index contributed by atoms with van der Waals surface area (Å²) in [5.41, 5.74) is 6.80.